The molecule has 4 nitrogen and oxygen atoms in total. The molecule has 0 aliphatic carbocycles. The van der Waals surface area contributed by atoms with E-state index >= 15 is 0 Å². The number of hydrogen-bond donors (Lipinski definition) is 1. The molecule has 1 aromatic heterocycles. The van der Waals surface area contributed by atoms with Crippen molar-refractivity contribution in [1.29, 1.82) is 0 Å². The highest BCUT2D eigenvalue weighted by molar-refractivity contribution is 4.88. The van der Waals surface area contributed by atoms with Crippen LogP contribution in [0.5, 0.6) is 0 Å². The zero-order valence-corrected chi connectivity index (χ0v) is 11.3. The van der Waals surface area contributed by atoms with Crippen LogP contribution in [0.4, 0.5) is 0 Å². The Labute approximate surface area is 98.5 Å². The molecule has 0 saturated heterocycles. The van der Waals surface area contributed by atoms with Crippen LogP contribution >= 0.6 is 0 Å². The van der Waals surface area contributed by atoms with E-state index in [4.69, 9.17) is 0 Å². The standard InChI is InChI=1S/C12H24N4/c1-11(2,3)8-12(4,5)14-7-10-13-9-15-16(10)6/h9,14H,7-8H2,1-6H3. The molecule has 0 aliphatic rings. The number of rotatable bonds is 4. The quantitative estimate of drug-likeness (QED) is 0.852. The van der Waals surface area contributed by atoms with E-state index in [9.17, 15) is 0 Å². The summed E-state index contributed by atoms with van der Waals surface area (Å²) < 4.78 is 1.81. The maximum Gasteiger partial charge on any atom is 0.140 e. The SMILES string of the molecule is Cn1ncnc1CNC(C)(C)CC(C)(C)C. The number of hydrogen-bond acceptors (Lipinski definition) is 3. The fourth-order valence-corrected chi connectivity index (χ4v) is 2.19. The van der Waals surface area contributed by atoms with Gasteiger partial charge in [0.2, 0.25) is 0 Å². The minimum atomic E-state index is 0.115. The minimum absolute atomic E-state index is 0.115. The summed E-state index contributed by atoms with van der Waals surface area (Å²) in [6.45, 7) is 12.0. The Morgan fingerprint density at radius 1 is 1.25 bits per heavy atom. The largest absolute Gasteiger partial charge is 0.305 e. The van der Waals surface area contributed by atoms with Gasteiger partial charge < -0.3 is 5.32 Å². The first-order valence-corrected chi connectivity index (χ1v) is 5.78. The van der Waals surface area contributed by atoms with E-state index in [0.717, 1.165) is 18.8 Å². The van der Waals surface area contributed by atoms with Crippen LogP contribution in [0.3, 0.4) is 0 Å². The summed E-state index contributed by atoms with van der Waals surface area (Å²) in [5, 5.41) is 7.59. The molecule has 0 spiro atoms. The third-order valence-electron chi connectivity index (χ3n) is 2.50. The van der Waals surface area contributed by atoms with Crippen LogP contribution in [-0.4, -0.2) is 20.3 Å². The van der Waals surface area contributed by atoms with E-state index < -0.39 is 0 Å². The van der Waals surface area contributed by atoms with E-state index in [1.165, 1.54) is 0 Å². The van der Waals surface area contributed by atoms with Gasteiger partial charge in [-0.1, -0.05) is 20.8 Å². The van der Waals surface area contributed by atoms with E-state index in [-0.39, 0.29) is 5.54 Å². The summed E-state index contributed by atoms with van der Waals surface area (Å²) in [5.41, 5.74) is 0.445. The lowest BCUT2D eigenvalue weighted by Crippen LogP contribution is -2.42. The average Bonchev–Trinajstić information content (AvgIpc) is 2.43. The van der Waals surface area contributed by atoms with Crippen molar-refractivity contribution in [3.8, 4) is 0 Å². The molecule has 0 amide bonds. The van der Waals surface area contributed by atoms with E-state index in [0.29, 0.717) is 5.41 Å². The van der Waals surface area contributed by atoms with Crippen molar-refractivity contribution in [2.75, 3.05) is 0 Å². The Morgan fingerprint density at radius 2 is 1.88 bits per heavy atom. The molecule has 0 bridgehead atoms. The van der Waals surface area contributed by atoms with Crippen molar-refractivity contribution in [1.82, 2.24) is 20.1 Å². The van der Waals surface area contributed by atoms with Crippen LogP contribution in [0, 0.1) is 5.41 Å². The molecule has 0 aliphatic heterocycles. The molecular formula is C12H24N4. The molecule has 16 heavy (non-hydrogen) atoms. The molecule has 0 aromatic carbocycles. The molecule has 0 saturated carbocycles. The molecule has 1 aromatic rings. The van der Waals surface area contributed by atoms with Crippen LogP contribution in [0.15, 0.2) is 6.33 Å². The fourth-order valence-electron chi connectivity index (χ4n) is 2.19. The highest BCUT2D eigenvalue weighted by Crippen LogP contribution is 2.26. The fraction of sp³-hybridized carbons (Fsp3) is 0.833. The van der Waals surface area contributed by atoms with Crippen molar-refractivity contribution >= 4 is 0 Å². The van der Waals surface area contributed by atoms with Crippen molar-refractivity contribution in [3.63, 3.8) is 0 Å². The Hall–Kier alpha value is -0.900. The smallest absolute Gasteiger partial charge is 0.140 e. The van der Waals surface area contributed by atoms with Gasteiger partial charge in [0.25, 0.3) is 0 Å². The van der Waals surface area contributed by atoms with Gasteiger partial charge in [-0.2, -0.15) is 5.10 Å². The van der Waals surface area contributed by atoms with Crippen LogP contribution in [-0.2, 0) is 13.6 Å². The van der Waals surface area contributed by atoms with Crippen LogP contribution in [0.25, 0.3) is 0 Å². The average molecular weight is 224 g/mol. The lowest BCUT2D eigenvalue weighted by Gasteiger charge is -2.33. The van der Waals surface area contributed by atoms with Gasteiger partial charge in [-0.15, -0.1) is 0 Å². The van der Waals surface area contributed by atoms with Crippen molar-refractivity contribution in [3.05, 3.63) is 12.2 Å². The van der Waals surface area contributed by atoms with Crippen LogP contribution < -0.4 is 5.32 Å². The van der Waals surface area contributed by atoms with Crippen molar-refractivity contribution < 1.29 is 0 Å². The minimum Gasteiger partial charge on any atom is -0.305 e. The molecule has 0 unspecified atom stereocenters. The lowest BCUT2D eigenvalue weighted by molar-refractivity contribution is 0.238. The normalized spacial score (nSPS) is 13.1. The Bertz CT molecular complexity index is 333. The molecule has 1 N–H and O–H groups in total. The number of aromatic nitrogens is 3. The predicted molar refractivity (Wildman–Crippen MR) is 66.0 cm³/mol. The van der Waals surface area contributed by atoms with Gasteiger partial charge in [0.1, 0.15) is 12.2 Å². The van der Waals surface area contributed by atoms with Crippen molar-refractivity contribution in [2.45, 2.75) is 53.1 Å². The zero-order valence-electron chi connectivity index (χ0n) is 11.3. The van der Waals surface area contributed by atoms with Gasteiger partial charge in [0.15, 0.2) is 0 Å². The number of aryl methyl sites for hydroxylation is 1. The molecule has 0 atom stereocenters. The second kappa shape index (κ2) is 4.53. The molecule has 92 valence electrons. The van der Waals surface area contributed by atoms with Crippen LogP contribution in [0.2, 0.25) is 0 Å². The lowest BCUT2D eigenvalue weighted by atomic mass is 9.82. The van der Waals surface area contributed by atoms with Gasteiger partial charge in [-0.05, 0) is 25.7 Å². The highest BCUT2D eigenvalue weighted by Gasteiger charge is 2.25. The molecule has 4 heteroatoms. The summed E-state index contributed by atoms with van der Waals surface area (Å²) in [4.78, 5) is 4.20. The summed E-state index contributed by atoms with van der Waals surface area (Å²) in [5.74, 6) is 0.974. The molecule has 0 fully saturated rings. The summed E-state index contributed by atoms with van der Waals surface area (Å²) >= 11 is 0. The van der Waals surface area contributed by atoms with Crippen molar-refractivity contribution in [2.24, 2.45) is 12.5 Å². The van der Waals surface area contributed by atoms with E-state index in [1.807, 2.05) is 7.05 Å². The maximum absolute atomic E-state index is 4.20. The first kappa shape index (κ1) is 13.2. The van der Waals surface area contributed by atoms with Gasteiger partial charge in [-0.25, -0.2) is 4.98 Å². The monoisotopic (exact) mass is 224 g/mol. The summed E-state index contributed by atoms with van der Waals surface area (Å²) in [7, 11) is 1.92. The van der Waals surface area contributed by atoms with Gasteiger partial charge in [0.05, 0.1) is 6.54 Å². The van der Waals surface area contributed by atoms with Gasteiger partial charge in [-0.3, -0.25) is 4.68 Å². The Morgan fingerprint density at radius 3 is 2.31 bits per heavy atom. The van der Waals surface area contributed by atoms with E-state index in [2.05, 4.69) is 50.0 Å². The molecule has 1 heterocycles. The van der Waals surface area contributed by atoms with Gasteiger partial charge >= 0.3 is 0 Å². The predicted octanol–water partition coefficient (Wildman–Crippen LogP) is 2.12. The van der Waals surface area contributed by atoms with Crippen LogP contribution in [0.1, 0.15) is 46.9 Å². The molecule has 1 rings (SSSR count). The highest BCUT2D eigenvalue weighted by atomic mass is 15.3. The summed E-state index contributed by atoms with van der Waals surface area (Å²) in [6, 6.07) is 0. The summed E-state index contributed by atoms with van der Waals surface area (Å²) in [6.07, 6.45) is 2.71. The molecule has 0 radical (unpaired) electrons. The Kier molecular flexibility index (Phi) is 3.73. The second-order valence-corrected chi connectivity index (χ2v) is 6.27. The third kappa shape index (κ3) is 4.31. The van der Waals surface area contributed by atoms with E-state index in [1.54, 1.807) is 11.0 Å². The topological polar surface area (TPSA) is 42.7 Å². The second-order valence-electron chi connectivity index (χ2n) is 6.27. The maximum atomic E-state index is 4.20. The first-order chi connectivity index (χ1) is 7.20. The third-order valence-corrected chi connectivity index (χ3v) is 2.50. The first-order valence-electron chi connectivity index (χ1n) is 5.78. The Balaban J connectivity index is 2.51. The number of nitrogens with zero attached hydrogens (tertiary/aromatic N) is 3. The molecular weight excluding hydrogens is 200 g/mol. The zero-order chi connectivity index (χ0) is 12.4. The number of nitrogens with one attached hydrogen (secondary N) is 1. The van der Waals surface area contributed by atoms with Gasteiger partial charge in [0, 0.05) is 12.6 Å².